The van der Waals surface area contributed by atoms with Crippen molar-refractivity contribution in [3.05, 3.63) is 77.9 Å². The van der Waals surface area contributed by atoms with Gasteiger partial charge in [0.2, 0.25) is 0 Å². The molecule has 158 valence electrons. The number of nitrogens with zero attached hydrogens (tertiary/aromatic N) is 3. The number of halogens is 4. The van der Waals surface area contributed by atoms with Crippen molar-refractivity contribution in [3.8, 4) is 11.4 Å². The fourth-order valence-corrected chi connectivity index (χ4v) is 3.14. The third kappa shape index (κ3) is 4.46. The lowest BCUT2D eigenvalue weighted by Crippen LogP contribution is -2.09. The van der Waals surface area contributed by atoms with Crippen LogP contribution in [0.25, 0.3) is 22.4 Å². The quantitative estimate of drug-likeness (QED) is 0.411. The molecule has 0 spiro atoms. The van der Waals surface area contributed by atoms with E-state index in [9.17, 15) is 17.6 Å². The minimum atomic E-state index is -4.57. The number of nitrogens with one attached hydrogen (secondary N) is 1. The fraction of sp³-hybridized carbons (Fsp3) is 0.136. The van der Waals surface area contributed by atoms with E-state index in [1.54, 1.807) is 24.3 Å². The predicted molar refractivity (Wildman–Crippen MR) is 108 cm³/mol. The molecule has 9 heteroatoms. The van der Waals surface area contributed by atoms with Crippen LogP contribution in [0.3, 0.4) is 0 Å². The Morgan fingerprint density at radius 1 is 1.00 bits per heavy atom. The Morgan fingerprint density at radius 3 is 2.48 bits per heavy atom. The maximum atomic E-state index is 13.4. The Bertz CT molecular complexity index is 1230. The van der Waals surface area contributed by atoms with Crippen molar-refractivity contribution in [1.82, 2.24) is 15.0 Å². The summed E-state index contributed by atoms with van der Waals surface area (Å²) in [5, 5.41) is 3.75. The van der Waals surface area contributed by atoms with E-state index < -0.39 is 11.7 Å². The SMILES string of the molecule is COCc1cc(Nc2ccc(F)cc2)c2ccc(-c3ncccc3C(F)(F)F)nc2n1. The van der Waals surface area contributed by atoms with Crippen LogP contribution < -0.4 is 5.32 Å². The molecule has 0 saturated carbocycles. The first-order valence-electron chi connectivity index (χ1n) is 9.20. The van der Waals surface area contributed by atoms with Crippen LogP contribution in [0.5, 0.6) is 0 Å². The lowest BCUT2D eigenvalue weighted by molar-refractivity contribution is -0.137. The van der Waals surface area contributed by atoms with Gasteiger partial charge in [-0.2, -0.15) is 13.2 Å². The van der Waals surface area contributed by atoms with Crippen LogP contribution >= 0.6 is 0 Å². The van der Waals surface area contributed by atoms with E-state index in [1.807, 2.05) is 0 Å². The van der Waals surface area contributed by atoms with Gasteiger partial charge < -0.3 is 10.1 Å². The zero-order valence-electron chi connectivity index (χ0n) is 16.2. The van der Waals surface area contributed by atoms with Crippen molar-refractivity contribution in [3.63, 3.8) is 0 Å². The molecule has 1 N–H and O–H groups in total. The van der Waals surface area contributed by atoms with Crippen LogP contribution in [0.4, 0.5) is 28.9 Å². The van der Waals surface area contributed by atoms with Gasteiger partial charge in [0.15, 0.2) is 5.65 Å². The van der Waals surface area contributed by atoms with Crippen molar-refractivity contribution in [2.45, 2.75) is 12.8 Å². The summed E-state index contributed by atoms with van der Waals surface area (Å²) in [5.41, 5.74) is 0.903. The fourth-order valence-electron chi connectivity index (χ4n) is 3.14. The molecule has 0 unspecified atom stereocenters. The zero-order valence-corrected chi connectivity index (χ0v) is 16.2. The Hall–Kier alpha value is -3.59. The second-order valence-electron chi connectivity index (χ2n) is 6.69. The first kappa shape index (κ1) is 20.7. The maximum absolute atomic E-state index is 13.4. The molecule has 3 heterocycles. The molecule has 0 fully saturated rings. The minimum Gasteiger partial charge on any atom is -0.378 e. The molecule has 0 atom stereocenters. The summed E-state index contributed by atoms with van der Waals surface area (Å²) in [4.78, 5) is 12.7. The van der Waals surface area contributed by atoms with Gasteiger partial charge in [0.25, 0.3) is 0 Å². The van der Waals surface area contributed by atoms with Gasteiger partial charge in [-0.25, -0.2) is 14.4 Å². The molecule has 1 aromatic carbocycles. The van der Waals surface area contributed by atoms with E-state index in [0.29, 0.717) is 22.5 Å². The third-order valence-corrected chi connectivity index (χ3v) is 4.50. The number of pyridine rings is 3. The van der Waals surface area contributed by atoms with Gasteiger partial charge in [-0.3, -0.25) is 4.98 Å². The lowest BCUT2D eigenvalue weighted by Gasteiger charge is -2.14. The molecule has 3 aromatic heterocycles. The second-order valence-corrected chi connectivity index (χ2v) is 6.69. The molecule has 0 amide bonds. The van der Waals surface area contributed by atoms with Crippen LogP contribution in [-0.2, 0) is 17.5 Å². The summed E-state index contributed by atoms with van der Waals surface area (Å²) in [7, 11) is 1.51. The number of benzene rings is 1. The minimum absolute atomic E-state index is 0.0511. The van der Waals surface area contributed by atoms with E-state index >= 15 is 0 Å². The molecule has 0 aliphatic heterocycles. The molecular formula is C22H16F4N4O. The summed E-state index contributed by atoms with van der Waals surface area (Å²) in [5.74, 6) is -0.368. The largest absolute Gasteiger partial charge is 0.418 e. The van der Waals surface area contributed by atoms with E-state index in [2.05, 4.69) is 20.3 Å². The van der Waals surface area contributed by atoms with Crippen LogP contribution in [0, 0.1) is 5.82 Å². The Kier molecular flexibility index (Phi) is 5.51. The molecule has 4 rings (SSSR count). The maximum Gasteiger partial charge on any atom is 0.418 e. The van der Waals surface area contributed by atoms with Crippen LogP contribution in [0.15, 0.2) is 60.8 Å². The van der Waals surface area contributed by atoms with Crippen LogP contribution in [-0.4, -0.2) is 22.1 Å². The number of hydrogen-bond donors (Lipinski definition) is 1. The highest BCUT2D eigenvalue weighted by molar-refractivity contribution is 5.92. The summed E-state index contributed by atoms with van der Waals surface area (Å²) >= 11 is 0. The predicted octanol–water partition coefficient (Wildman–Crippen LogP) is 5.74. The smallest absolute Gasteiger partial charge is 0.378 e. The average molecular weight is 428 g/mol. The van der Waals surface area contributed by atoms with Gasteiger partial charge in [-0.05, 0) is 54.6 Å². The molecule has 4 aromatic rings. The number of rotatable bonds is 5. The van der Waals surface area contributed by atoms with Gasteiger partial charge >= 0.3 is 6.18 Å². The van der Waals surface area contributed by atoms with Gasteiger partial charge in [-0.15, -0.1) is 0 Å². The van der Waals surface area contributed by atoms with Crippen LogP contribution in [0.2, 0.25) is 0 Å². The Labute approximate surface area is 174 Å². The highest BCUT2D eigenvalue weighted by Gasteiger charge is 2.34. The number of anilines is 2. The summed E-state index contributed by atoms with van der Waals surface area (Å²) in [6.45, 7) is 0.178. The Balaban J connectivity index is 1.84. The van der Waals surface area contributed by atoms with Crippen molar-refractivity contribution in [1.29, 1.82) is 0 Å². The molecule has 0 bridgehead atoms. The van der Waals surface area contributed by atoms with E-state index in [1.165, 1.54) is 37.6 Å². The van der Waals surface area contributed by atoms with Crippen molar-refractivity contribution >= 4 is 22.4 Å². The number of aromatic nitrogens is 3. The average Bonchev–Trinajstić information content (AvgIpc) is 2.74. The topological polar surface area (TPSA) is 59.9 Å². The van der Waals surface area contributed by atoms with Crippen molar-refractivity contribution in [2.75, 3.05) is 12.4 Å². The molecule has 31 heavy (non-hydrogen) atoms. The number of fused-ring (bicyclic) bond motifs is 1. The third-order valence-electron chi connectivity index (χ3n) is 4.50. The van der Waals surface area contributed by atoms with Crippen molar-refractivity contribution in [2.24, 2.45) is 0 Å². The number of ether oxygens (including phenoxy) is 1. The number of hydrogen-bond acceptors (Lipinski definition) is 5. The Morgan fingerprint density at radius 2 is 1.77 bits per heavy atom. The van der Waals surface area contributed by atoms with Gasteiger partial charge in [0, 0.05) is 24.4 Å². The van der Waals surface area contributed by atoms with E-state index in [4.69, 9.17) is 4.74 Å². The summed E-state index contributed by atoms with van der Waals surface area (Å²) in [6.07, 6.45) is -3.28. The number of methoxy groups -OCH3 is 1. The number of alkyl halides is 3. The molecule has 0 aliphatic carbocycles. The zero-order chi connectivity index (χ0) is 22.0. The molecule has 0 aliphatic rings. The standard InChI is InChI=1S/C22H16F4N4O/c1-31-12-15-11-19(28-14-6-4-13(23)5-7-14)16-8-9-18(30-21(16)29-15)20-17(22(24,25)26)3-2-10-27-20/h2-11H,12H2,1H3,(H,28,29,30). The monoisotopic (exact) mass is 428 g/mol. The summed E-state index contributed by atoms with van der Waals surface area (Å²) in [6, 6.07) is 12.8. The molecular weight excluding hydrogens is 412 g/mol. The second kappa shape index (κ2) is 8.27. The van der Waals surface area contributed by atoms with Crippen molar-refractivity contribution < 1.29 is 22.3 Å². The first-order chi connectivity index (χ1) is 14.8. The van der Waals surface area contributed by atoms with E-state index in [0.717, 1.165) is 6.07 Å². The highest BCUT2D eigenvalue weighted by Crippen LogP contribution is 2.36. The van der Waals surface area contributed by atoms with E-state index in [-0.39, 0.29) is 29.5 Å². The summed E-state index contributed by atoms with van der Waals surface area (Å²) < 4.78 is 58.6. The normalized spacial score (nSPS) is 11.6. The lowest BCUT2D eigenvalue weighted by atomic mass is 10.1. The van der Waals surface area contributed by atoms with Gasteiger partial charge in [0.1, 0.15) is 11.5 Å². The van der Waals surface area contributed by atoms with Crippen LogP contribution in [0.1, 0.15) is 11.3 Å². The van der Waals surface area contributed by atoms with Gasteiger partial charge in [-0.1, -0.05) is 0 Å². The first-order valence-corrected chi connectivity index (χ1v) is 9.20. The molecule has 5 nitrogen and oxygen atoms in total. The van der Waals surface area contributed by atoms with Gasteiger partial charge in [0.05, 0.1) is 29.2 Å². The highest BCUT2D eigenvalue weighted by atomic mass is 19.4. The molecule has 0 saturated heterocycles. The molecule has 0 radical (unpaired) electrons.